The minimum atomic E-state index is -3.38. The summed E-state index contributed by atoms with van der Waals surface area (Å²) in [5.41, 5.74) is 1.62. The number of benzene rings is 2. The fraction of sp³-hybridized carbons (Fsp3) is 0.406. The van der Waals surface area contributed by atoms with E-state index in [0.29, 0.717) is 41.4 Å². The normalized spacial score (nSPS) is 17.2. The second-order valence-electron chi connectivity index (χ2n) is 10.8. The quantitative estimate of drug-likeness (QED) is 0.249. The van der Waals surface area contributed by atoms with E-state index in [1.54, 1.807) is 61.7 Å². The molecule has 0 bridgehead atoms. The number of hydrogen-bond acceptors (Lipinski definition) is 9. The van der Waals surface area contributed by atoms with Crippen LogP contribution in [0.5, 0.6) is 11.6 Å². The number of pyridine rings is 1. The van der Waals surface area contributed by atoms with Crippen molar-refractivity contribution >= 4 is 21.4 Å². The molecule has 1 N–H and O–H groups in total. The first kappa shape index (κ1) is 33.6. The summed E-state index contributed by atoms with van der Waals surface area (Å²) in [6.45, 7) is 2.62. The molecular formula is C32H36F2N4O6S. The molecule has 13 heteroatoms. The summed E-state index contributed by atoms with van der Waals surface area (Å²) >= 11 is 0. The molecule has 1 aliphatic rings. The Bertz CT molecular complexity index is 1560. The van der Waals surface area contributed by atoms with Crippen molar-refractivity contribution in [3.8, 4) is 17.7 Å². The average Bonchev–Trinajstić information content (AvgIpc) is 3.43. The van der Waals surface area contributed by atoms with Crippen LogP contribution in [0, 0.1) is 11.3 Å². The van der Waals surface area contributed by atoms with E-state index in [9.17, 15) is 27.3 Å². The van der Waals surface area contributed by atoms with Crippen molar-refractivity contribution in [3.63, 3.8) is 0 Å². The Morgan fingerprint density at radius 2 is 1.82 bits per heavy atom. The Morgan fingerprint density at radius 3 is 2.40 bits per heavy atom. The molecule has 1 aliphatic heterocycles. The molecule has 10 nitrogen and oxygen atoms in total. The lowest BCUT2D eigenvalue weighted by atomic mass is 10.0. The maximum atomic E-state index is 13.1. The van der Waals surface area contributed by atoms with Gasteiger partial charge in [0.2, 0.25) is 5.88 Å². The molecule has 2 aromatic carbocycles. The van der Waals surface area contributed by atoms with Gasteiger partial charge in [-0.2, -0.15) is 14.0 Å². The number of carbonyl (C=O) groups is 1. The molecule has 2 heterocycles. The summed E-state index contributed by atoms with van der Waals surface area (Å²) in [5, 5.41) is 12.2. The summed E-state index contributed by atoms with van der Waals surface area (Å²) < 4.78 is 66.4. The van der Waals surface area contributed by atoms with Crippen LogP contribution in [-0.4, -0.2) is 63.1 Å². The number of aromatic nitrogens is 1. The summed E-state index contributed by atoms with van der Waals surface area (Å²) in [6, 6.07) is 17.2. The number of rotatable bonds is 14. The van der Waals surface area contributed by atoms with Gasteiger partial charge < -0.3 is 24.4 Å². The summed E-state index contributed by atoms with van der Waals surface area (Å²) in [6.07, 6.45) is 1.61. The van der Waals surface area contributed by atoms with Crippen LogP contribution in [0.15, 0.2) is 71.8 Å². The van der Waals surface area contributed by atoms with Crippen molar-refractivity contribution < 1.29 is 36.2 Å². The van der Waals surface area contributed by atoms with Crippen LogP contribution in [0.2, 0.25) is 0 Å². The number of ether oxygens (including phenoxy) is 3. The first-order valence-corrected chi connectivity index (χ1v) is 16.2. The number of sulfone groups is 1. The number of halogens is 2. The van der Waals surface area contributed by atoms with Gasteiger partial charge in [-0.1, -0.05) is 19.1 Å². The van der Waals surface area contributed by atoms with Crippen LogP contribution in [0.1, 0.15) is 55.6 Å². The third-order valence-electron chi connectivity index (χ3n) is 7.24. The van der Waals surface area contributed by atoms with Crippen LogP contribution in [0.25, 0.3) is 0 Å². The van der Waals surface area contributed by atoms with Gasteiger partial charge in [0.15, 0.2) is 9.84 Å². The monoisotopic (exact) mass is 642 g/mol. The van der Waals surface area contributed by atoms with E-state index >= 15 is 0 Å². The number of carbonyl (C=O) groups excluding carboxylic acids is 1. The highest BCUT2D eigenvalue weighted by Gasteiger charge is 2.34. The van der Waals surface area contributed by atoms with Gasteiger partial charge in [0.1, 0.15) is 11.9 Å². The molecule has 1 amide bonds. The van der Waals surface area contributed by atoms with Gasteiger partial charge in [-0.3, -0.25) is 4.79 Å². The van der Waals surface area contributed by atoms with Crippen molar-refractivity contribution in [1.29, 1.82) is 5.26 Å². The topological polar surface area (TPSA) is 131 Å². The van der Waals surface area contributed by atoms with E-state index in [-0.39, 0.29) is 35.9 Å². The average molecular weight is 643 g/mol. The second-order valence-corrected chi connectivity index (χ2v) is 13.1. The zero-order chi connectivity index (χ0) is 32.6. The lowest BCUT2D eigenvalue weighted by Gasteiger charge is -2.26. The van der Waals surface area contributed by atoms with E-state index in [0.717, 1.165) is 0 Å². The standard InChI is InChI=1S/C32H36F2N4O6S/c1-4-45(40,41)28-12-7-22(8-13-28)29(15-16-35)37-31(39)23-5-9-24(10-6-23)38-19-27(17-25(38)20-42-32(33)34)44-26-11-14-30(36-18-26)43-21(2)3/h5-14,18,21,25,27,29,32H,4,15,17,19-20H2,1-3H3,(H,37,39)/t25-,27-,29-/m0/s1. The van der Waals surface area contributed by atoms with Crippen molar-refractivity contribution in [2.75, 3.05) is 23.8 Å². The van der Waals surface area contributed by atoms with Crippen molar-refractivity contribution in [1.82, 2.24) is 10.3 Å². The number of nitrogens with one attached hydrogen (secondary N) is 1. The summed E-state index contributed by atoms with van der Waals surface area (Å²) in [7, 11) is -3.38. The third-order valence-corrected chi connectivity index (χ3v) is 8.99. The minimum Gasteiger partial charge on any atom is -0.487 e. The van der Waals surface area contributed by atoms with Crippen LogP contribution in [0.3, 0.4) is 0 Å². The van der Waals surface area contributed by atoms with Crippen LogP contribution < -0.4 is 19.7 Å². The number of hydrogen-bond donors (Lipinski definition) is 1. The number of alkyl halides is 2. The Kier molecular flexibility index (Phi) is 11.3. The summed E-state index contributed by atoms with van der Waals surface area (Å²) in [4.78, 5) is 19.4. The van der Waals surface area contributed by atoms with Gasteiger partial charge >= 0.3 is 6.61 Å². The van der Waals surface area contributed by atoms with Crippen molar-refractivity contribution in [2.24, 2.45) is 0 Å². The molecule has 4 rings (SSSR count). The molecule has 45 heavy (non-hydrogen) atoms. The molecule has 1 fully saturated rings. The lowest BCUT2D eigenvalue weighted by molar-refractivity contribution is -0.131. The molecule has 1 saturated heterocycles. The van der Waals surface area contributed by atoms with E-state index in [2.05, 4.69) is 21.1 Å². The predicted molar refractivity (Wildman–Crippen MR) is 163 cm³/mol. The number of nitrogens with zero attached hydrogens (tertiary/aromatic N) is 3. The number of amides is 1. The molecule has 0 spiro atoms. The lowest BCUT2D eigenvalue weighted by Crippen LogP contribution is -2.34. The van der Waals surface area contributed by atoms with E-state index in [1.165, 1.54) is 12.1 Å². The van der Waals surface area contributed by atoms with Gasteiger partial charge in [0.25, 0.3) is 5.91 Å². The molecule has 1 aromatic heterocycles. The molecule has 240 valence electrons. The van der Waals surface area contributed by atoms with Gasteiger partial charge in [0.05, 0.1) is 60.7 Å². The molecule has 3 atom stereocenters. The van der Waals surface area contributed by atoms with Gasteiger partial charge in [-0.25, -0.2) is 13.4 Å². The number of anilines is 1. The van der Waals surface area contributed by atoms with Gasteiger partial charge in [0, 0.05) is 23.7 Å². The smallest absolute Gasteiger partial charge is 0.345 e. The minimum absolute atomic E-state index is 0.0202. The molecule has 0 saturated carbocycles. The highest BCUT2D eigenvalue weighted by atomic mass is 32.2. The molecule has 0 unspecified atom stereocenters. The Balaban J connectivity index is 1.44. The second kappa shape index (κ2) is 15.1. The zero-order valence-corrected chi connectivity index (χ0v) is 26.0. The van der Waals surface area contributed by atoms with Crippen LogP contribution >= 0.6 is 0 Å². The summed E-state index contributed by atoms with van der Waals surface area (Å²) in [5.74, 6) is 0.527. The Labute approximate surface area is 261 Å². The maximum Gasteiger partial charge on any atom is 0.345 e. The highest BCUT2D eigenvalue weighted by molar-refractivity contribution is 7.91. The molecule has 3 aromatic rings. The molecule has 0 aliphatic carbocycles. The van der Waals surface area contributed by atoms with E-state index in [1.807, 2.05) is 18.7 Å². The molecular weight excluding hydrogens is 606 g/mol. The first-order valence-electron chi connectivity index (χ1n) is 14.6. The SMILES string of the molecule is CCS(=O)(=O)c1ccc([C@H](CC#N)NC(=O)c2ccc(N3C[C@@H](Oc4ccc(OC(C)C)nc4)C[C@H]3COC(F)F)cc2)cc1. The van der Waals surface area contributed by atoms with Crippen LogP contribution in [-0.2, 0) is 14.6 Å². The Morgan fingerprint density at radius 1 is 1.11 bits per heavy atom. The highest BCUT2D eigenvalue weighted by Crippen LogP contribution is 2.30. The number of nitriles is 1. The van der Waals surface area contributed by atoms with Crippen LogP contribution in [0.4, 0.5) is 14.5 Å². The van der Waals surface area contributed by atoms with Gasteiger partial charge in [-0.15, -0.1) is 0 Å². The van der Waals surface area contributed by atoms with E-state index < -0.39 is 34.4 Å². The third kappa shape index (κ3) is 9.12. The fourth-order valence-electron chi connectivity index (χ4n) is 5.02. The predicted octanol–water partition coefficient (Wildman–Crippen LogP) is 5.31. The fourth-order valence-corrected chi connectivity index (χ4v) is 5.90. The first-order chi connectivity index (χ1) is 21.5. The van der Waals surface area contributed by atoms with Crippen molar-refractivity contribution in [3.05, 3.63) is 78.0 Å². The molecule has 0 radical (unpaired) electrons. The van der Waals surface area contributed by atoms with Crippen molar-refractivity contribution in [2.45, 2.75) is 69.4 Å². The van der Waals surface area contributed by atoms with Gasteiger partial charge in [-0.05, 0) is 61.9 Å². The van der Waals surface area contributed by atoms with E-state index in [4.69, 9.17) is 9.47 Å². The zero-order valence-electron chi connectivity index (χ0n) is 25.2. The Hall–Kier alpha value is -4.28. The largest absolute Gasteiger partial charge is 0.487 e. The maximum absolute atomic E-state index is 13.1.